The zero-order chi connectivity index (χ0) is 17.0. The van der Waals surface area contributed by atoms with E-state index in [0.717, 1.165) is 18.5 Å². The average molecular weight is 322 g/mol. The number of hydrogen-bond donors (Lipinski definition) is 1. The second kappa shape index (κ2) is 7.02. The summed E-state index contributed by atoms with van der Waals surface area (Å²) in [6, 6.07) is 2.03. The lowest BCUT2D eigenvalue weighted by Gasteiger charge is -2.31. The van der Waals surface area contributed by atoms with Crippen molar-refractivity contribution in [1.82, 2.24) is 20.0 Å². The number of likely N-dealkylation sites (tertiary alicyclic amines) is 1. The van der Waals surface area contributed by atoms with Gasteiger partial charge in [0.1, 0.15) is 12.1 Å². The van der Waals surface area contributed by atoms with Crippen LogP contribution >= 0.6 is 0 Å². The molecule has 1 aliphatic heterocycles. The van der Waals surface area contributed by atoms with Crippen LogP contribution < -0.4 is 5.32 Å². The fourth-order valence-corrected chi connectivity index (χ4v) is 2.65. The lowest BCUT2D eigenvalue weighted by atomic mass is 9.94. The van der Waals surface area contributed by atoms with Gasteiger partial charge in [0.05, 0.1) is 5.69 Å². The lowest BCUT2D eigenvalue weighted by Crippen LogP contribution is -2.44. The maximum absolute atomic E-state index is 12.2. The van der Waals surface area contributed by atoms with Gasteiger partial charge in [-0.2, -0.15) is 5.10 Å². The fraction of sp³-hybridized carbons (Fsp3) is 0.688. The van der Waals surface area contributed by atoms with Gasteiger partial charge in [0.15, 0.2) is 0 Å². The molecule has 1 aliphatic rings. The van der Waals surface area contributed by atoms with E-state index in [4.69, 9.17) is 4.74 Å². The quantitative estimate of drug-likeness (QED) is 0.918. The average Bonchev–Trinajstić information content (AvgIpc) is 2.90. The molecule has 1 saturated heterocycles. The number of aromatic nitrogens is 2. The molecule has 0 aromatic carbocycles. The van der Waals surface area contributed by atoms with E-state index >= 15 is 0 Å². The summed E-state index contributed by atoms with van der Waals surface area (Å²) in [4.78, 5) is 25.5. The molecule has 7 nitrogen and oxygen atoms in total. The van der Waals surface area contributed by atoms with E-state index in [-0.39, 0.29) is 12.5 Å². The molecule has 0 spiro atoms. The van der Waals surface area contributed by atoms with Crippen LogP contribution in [0.3, 0.4) is 0 Å². The first kappa shape index (κ1) is 17.3. The third-order valence-corrected chi connectivity index (χ3v) is 3.78. The van der Waals surface area contributed by atoms with Crippen LogP contribution in [-0.4, -0.2) is 51.9 Å². The van der Waals surface area contributed by atoms with Crippen molar-refractivity contribution in [2.45, 2.75) is 45.1 Å². The Bertz CT molecular complexity index is 554. The number of carbonyl (C=O) groups excluding carboxylic acids is 2. The van der Waals surface area contributed by atoms with E-state index in [0.29, 0.717) is 19.0 Å². The summed E-state index contributed by atoms with van der Waals surface area (Å²) < 4.78 is 6.92. The molecule has 0 atom stereocenters. The Morgan fingerprint density at radius 2 is 2.00 bits per heavy atom. The van der Waals surface area contributed by atoms with Gasteiger partial charge in [0, 0.05) is 32.3 Å². The van der Waals surface area contributed by atoms with Gasteiger partial charge in [-0.3, -0.25) is 9.48 Å². The number of amides is 2. The molecule has 1 aromatic rings. The summed E-state index contributed by atoms with van der Waals surface area (Å²) in [5.41, 5.74) is 0.528. The minimum Gasteiger partial charge on any atom is -0.444 e. The zero-order valence-electron chi connectivity index (χ0n) is 14.3. The third-order valence-electron chi connectivity index (χ3n) is 3.78. The van der Waals surface area contributed by atoms with Crippen molar-refractivity contribution in [1.29, 1.82) is 0 Å². The van der Waals surface area contributed by atoms with Gasteiger partial charge in [-0.05, 0) is 39.7 Å². The molecule has 7 heteroatoms. The molecule has 1 fully saturated rings. The van der Waals surface area contributed by atoms with E-state index in [1.54, 1.807) is 30.4 Å². The molecule has 1 aromatic heterocycles. The zero-order valence-corrected chi connectivity index (χ0v) is 14.3. The van der Waals surface area contributed by atoms with E-state index in [1.165, 1.54) is 0 Å². The molecule has 1 N–H and O–H groups in total. The highest BCUT2D eigenvalue weighted by Crippen LogP contribution is 2.26. The maximum Gasteiger partial charge on any atom is 0.408 e. The van der Waals surface area contributed by atoms with Crippen LogP contribution in [0.1, 0.15) is 45.2 Å². The van der Waals surface area contributed by atoms with Crippen molar-refractivity contribution < 1.29 is 14.3 Å². The highest BCUT2D eigenvalue weighted by Gasteiger charge is 2.25. The molecule has 2 amide bonds. The Kier molecular flexibility index (Phi) is 5.28. The van der Waals surface area contributed by atoms with Crippen molar-refractivity contribution in [2.75, 3.05) is 19.6 Å². The molecule has 2 heterocycles. The minimum atomic E-state index is -0.561. The largest absolute Gasteiger partial charge is 0.444 e. The second-order valence-corrected chi connectivity index (χ2v) is 6.92. The van der Waals surface area contributed by atoms with E-state index in [9.17, 15) is 9.59 Å². The first-order chi connectivity index (χ1) is 10.7. The Labute approximate surface area is 137 Å². The van der Waals surface area contributed by atoms with Crippen LogP contribution in [0.2, 0.25) is 0 Å². The summed E-state index contributed by atoms with van der Waals surface area (Å²) in [7, 11) is 1.91. The standard InChI is InChI=1S/C16H26N4O3/c1-16(2,3)23-15(22)17-11-14(21)20-9-5-12(6-10-20)13-7-8-19(4)18-13/h7-8,12H,5-6,9-11H2,1-4H3,(H,17,22). The molecule has 128 valence electrons. The summed E-state index contributed by atoms with van der Waals surface area (Å²) >= 11 is 0. The number of hydrogen-bond acceptors (Lipinski definition) is 4. The van der Waals surface area contributed by atoms with Crippen molar-refractivity contribution in [3.05, 3.63) is 18.0 Å². The van der Waals surface area contributed by atoms with Gasteiger partial charge in [-0.25, -0.2) is 4.79 Å². The molecular weight excluding hydrogens is 296 g/mol. The molecular formula is C16H26N4O3. The Balaban J connectivity index is 1.74. The molecule has 0 unspecified atom stereocenters. The third kappa shape index (κ3) is 5.26. The van der Waals surface area contributed by atoms with Gasteiger partial charge in [0.2, 0.25) is 5.91 Å². The second-order valence-electron chi connectivity index (χ2n) is 6.92. The number of alkyl carbamates (subject to hydrolysis) is 1. The van der Waals surface area contributed by atoms with Gasteiger partial charge in [-0.15, -0.1) is 0 Å². The molecule has 2 rings (SSSR count). The van der Waals surface area contributed by atoms with Gasteiger partial charge in [0.25, 0.3) is 0 Å². The Morgan fingerprint density at radius 1 is 1.35 bits per heavy atom. The van der Waals surface area contributed by atoms with E-state index in [2.05, 4.69) is 10.4 Å². The van der Waals surface area contributed by atoms with Gasteiger partial charge in [-0.1, -0.05) is 0 Å². The minimum absolute atomic E-state index is 0.0246. The fourth-order valence-electron chi connectivity index (χ4n) is 2.65. The monoisotopic (exact) mass is 322 g/mol. The summed E-state index contributed by atoms with van der Waals surface area (Å²) in [5.74, 6) is 0.328. The van der Waals surface area contributed by atoms with Crippen molar-refractivity contribution in [3.63, 3.8) is 0 Å². The van der Waals surface area contributed by atoms with Crippen LogP contribution in [0.25, 0.3) is 0 Å². The van der Waals surface area contributed by atoms with Crippen LogP contribution in [0, 0.1) is 0 Å². The number of nitrogens with one attached hydrogen (secondary N) is 1. The number of rotatable bonds is 3. The van der Waals surface area contributed by atoms with Crippen LogP contribution in [0.4, 0.5) is 4.79 Å². The normalized spacial score (nSPS) is 16.3. The molecule has 23 heavy (non-hydrogen) atoms. The molecule has 0 aliphatic carbocycles. The first-order valence-electron chi connectivity index (χ1n) is 7.99. The predicted molar refractivity (Wildman–Crippen MR) is 86.0 cm³/mol. The smallest absolute Gasteiger partial charge is 0.408 e. The van der Waals surface area contributed by atoms with Crippen molar-refractivity contribution in [2.24, 2.45) is 7.05 Å². The van der Waals surface area contributed by atoms with Crippen molar-refractivity contribution in [3.8, 4) is 0 Å². The molecule has 0 saturated carbocycles. The summed E-state index contributed by atoms with van der Waals surface area (Å²) in [6.45, 7) is 6.72. The number of aryl methyl sites for hydroxylation is 1. The SMILES string of the molecule is Cn1ccc(C2CCN(C(=O)CNC(=O)OC(C)(C)C)CC2)n1. The highest BCUT2D eigenvalue weighted by atomic mass is 16.6. The summed E-state index contributed by atoms with van der Waals surface area (Å²) in [6.07, 6.45) is 3.18. The lowest BCUT2D eigenvalue weighted by molar-refractivity contribution is -0.131. The van der Waals surface area contributed by atoms with Crippen LogP contribution in [0.5, 0.6) is 0 Å². The predicted octanol–water partition coefficient (Wildman–Crippen LogP) is 1.65. The number of piperidine rings is 1. The highest BCUT2D eigenvalue weighted by molar-refractivity contribution is 5.82. The van der Waals surface area contributed by atoms with E-state index in [1.807, 2.05) is 19.3 Å². The van der Waals surface area contributed by atoms with Gasteiger partial charge < -0.3 is 15.0 Å². The topological polar surface area (TPSA) is 76.5 Å². The van der Waals surface area contributed by atoms with Crippen LogP contribution in [0.15, 0.2) is 12.3 Å². The number of carbonyl (C=O) groups is 2. The maximum atomic E-state index is 12.2. The van der Waals surface area contributed by atoms with E-state index < -0.39 is 11.7 Å². The molecule has 0 bridgehead atoms. The summed E-state index contributed by atoms with van der Waals surface area (Å²) in [5, 5.41) is 6.95. The number of ether oxygens (including phenoxy) is 1. The van der Waals surface area contributed by atoms with Crippen LogP contribution in [-0.2, 0) is 16.6 Å². The Hall–Kier alpha value is -2.05. The Morgan fingerprint density at radius 3 is 2.52 bits per heavy atom. The van der Waals surface area contributed by atoms with Gasteiger partial charge >= 0.3 is 6.09 Å². The van der Waals surface area contributed by atoms with Crippen molar-refractivity contribution >= 4 is 12.0 Å². The number of nitrogens with zero attached hydrogens (tertiary/aromatic N) is 3. The first-order valence-corrected chi connectivity index (χ1v) is 7.99. The molecule has 0 radical (unpaired) electrons.